The fourth-order valence-corrected chi connectivity index (χ4v) is 2.84. The number of methoxy groups -OCH3 is 1. The number of unbranched alkanes of at least 4 members (excludes halogenated alkanes) is 1. The van der Waals surface area contributed by atoms with E-state index in [0.717, 1.165) is 6.42 Å². The van der Waals surface area contributed by atoms with E-state index in [1.54, 1.807) is 24.8 Å². The second kappa shape index (κ2) is 9.96. The maximum absolute atomic E-state index is 12.7. The molecular weight excluding hydrogens is 326 g/mol. The number of carbonyl (C=O) groups is 4. The van der Waals surface area contributed by atoms with Gasteiger partial charge in [-0.15, -0.1) is 0 Å². The van der Waals surface area contributed by atoms with E-state index in [-0.39, 0.29) is 24.7 Å². The van der Waals surface area contributed by atoms with Gasteiger partial charge < -0.3 is 14.4 Å². The quantitative estimate of drug-likeness (QED) is 0.271. The Balaban J connectivity index is 2.57. The molecule has 0 aromatic heterocycles. The van der Waals surface area contributed by atoms with E-state index in [1.165, 1.54) is 13.2 Å². The number of carbonyl (C=O) groups excluding carboxylic acids is 4. The minimum absolute atomic E-state index is 0.210. The smallest absolute Gasteiger partial charge is 0.330 e. The molecule has 0 saturated carbocycles. The zero-order valence-corrected chi connectivity index (χ0v) is 15.2. The van der Waals surface area contributed by atoms with Crippen LogP contribution in [-0.4, -0.2) is 55.3 Å². The van der Waals surface area contributed by atoms with E-state index in [0.29, 0.717) is 32.4 Å². The molecule has 0 aromatic carbocycles. The van der Waals surface area contributed by atoms with Crippen LogP contribution < -0.4 is 0 Å². The van der Waals surface area contributed by atoms with Crippen molar-refractivity contribution in [3.05, 3.63) is 12.2 Å². The second-order valence-corrected chi connectivity index (χ2v) is 6.20. The number of nitrogens with zero attached hydrogens (tertiary/aromatic N) is 1. The predicted molar refractivity (Wildman–Crippen MR) is 90.6 cm³/mol. The van der Waals surface area contributed by atoms with Gasteiger partial charge >= 0.3 is 11.9 Å². The molecule has 0 bridgehead atoms. The summed E-state index contributed by atoms with van der Waals surface area (Å²) in [5.74, 6) is -1.62. The molecule has 0 radical (unpaired) electrons. The number of allylic oxidation sites excluding steroid dienone is 1. The number of ketones is 1. The van der Waals surface area contributed by atoms with Crippen LogP contribution in [-0.2, 0) is 28.7 Å². The lowest BCUT2D eigenvalue weighted by Gasteiger charge is -2.38. The van der Waals surface area contributed by atoms with E-state index in [4.69, 9.17) is 4.74 Å². The number of likely N-dealkylation sites (tertiary alicyclic amines) is 1. The molecule has 1 atom stereocenters. The minimum atomic E-state index is -1.16. The first-order valence-corrected chi connectivity index (χ1v) is 8.58. The summed E-state index contributed by atoms with van der Waals surface area (Å²) in [5.41, 5.74) is -1.16. The van der Waals surface area contributed by atoms with Crippen LogP contribution in [0.2, 0.25) is 0 Å². The van der Waals surface area contributed by atoms with Crippen LogP contribution in [0.4, 0.5) is 0 Å². The molecule has 0 N–H and O–H groups in total. The van der Waals surface area contributed by atoms with Gasteiger partial charge in [-0.3, -0.25) is 14.4 Å². The standard InChI is InChI=1S/C18H27NO6/c1-4-25-16(22)13-14(20)18(2)10-8-12-19(17(18)23)11-7-5-6-9-15(21)24-3/h6,9H,4-5,7-8,10-13H2,1-3H3/b9-6+. The minimum Gasteiger partial charge on any atom is -0.466 e. The van der Waals surface area contributed by atoms with Crippen molar-refractivity contribution < 1.29 is 28.7 Å². The van der Waals surface area contributed by atoms with Gasteiger partial charge in [0, 0.05) is 19.2 Å². The fraction of sp³-hybridized carbons (Fsp3) is 0.667. The van der Waals surface area contributed by atoms with Crippen molar-refractivity contribution in [1.29, 1.82) is 0 Å². The third kappa shape index (κ3) is 5.99. The lowest BCUT2D eigenvalue weighted by Crippen LogP contribution is -2.51. The van der Waals surface area contributed by atoms with E-state index >= 15 is 0 Å². The highest BCUT2D eigenvalue weighted by atomic mass is 16.5. The zero-order valence-electron chi connectivity index (χ0n) is 15.2. The predicted octanol–water partition coefficient (Wildman–Crippen LogP) is 1.65. The van der Waals surface area contributed by atoms with Crippen molar-refractivity contribution in [3.8, 4) is 0 Å². The highest BCUT2D eigenvalue weighted by Crippen LogP contribution is 2.33. The lowest BCUT2D eigenvalue weighted by atomic mass is 9.76. The summed E-state index contributed by atoms with van der Waals surface area (Å²) in [4.78, 5) is 49.3. The van der Waals surface area contributed by atoms with Gasteiger partial charge in [-0.05, 0) is 39.5 Å². The maximum Gasteiger partial charge on any atom is 0.330 e. The molecule has 1 aliphatic heterocycles. The summed E-state index contributed by atoms with van der Waals surface area (Å²) in [5, 5.41) is 0. The highest BCUT2D eigenvalue weighted by molar-refractivity contribution is 6.11. The third-order valence-electron chi connectivity index (χ3n) is 4.34. The molecule has 0 aliphatic carbocycles. The van der Waals surface area contributed by atoms with E-state index in [2.05, 4.69) is 4.74 Å². The van der Waals surface area contributed by atoms with E-state index in [9.17, 15) is 19.2 Å². The van der Waals surface area contributed by atoms with Gasteiger partial charge in [-0.25, -0.2) is 4.79 Å². The molecule has 1 saturated heterocycles. The molecule has 1 aliphatic rings. The molecular formula is C18H27NO6. The van der Waals surface area contributed by atoms with Crippen molar-refractivity contribution in [2.24, 2.45) is 5.41 Å². The van der Waals surface area contributed by atoms with Crippen LogP contribution in [0.3, 0.4) is 0 Å². The van der Waals surface area contributed by atoms with E-state index in [1.807, 2.05) is 0 Å². The number of esters is 2. The summed E-state index contributed by atoms with van der Waals surface area (Å²) in [6.45, 7) is 4.60. The Labute approximate surface area is 148 Å². The number of ether oxygens (including phenoxy) is 2. The van der Waals surface area contributed by atoms with Gasteiger partial charge in [0.2, 0.25) is 5.91 Å². The summed E-state index contributed by atoms with van der Waals surface area (Å²) < 4.78 is 9.30. The molecule has 140 valence electrons. The van der Waals surface area contributed by atoms with Crippen LogP contribution in [0.1, 0.15) is 46.0 Å². The van der Waals surface area contributed by atoms with Crippen molar-refractivity contribution in [2.75, 3.05) is 26.8 Å². The topological polar surface area (TPSA) is 90.0 Å². The summed E-state index contributed by atoms with van der Waals surface area (Å²) in [7, 11) is 1.31. The zero-order chi connectivity index (χ0) is 18.9. The van der Waals surface area contributed by atoms with Crippen LogP contribution in [0.25, 0.3) is 0 Å². The Morgan fingerprint density at radius 1 is 1.32 bits per heavy atom. The second-order valence-electron chi connectivity index (χ2n) is 6.20. The lowest BCUT2D eigenvalue weighted by molar-refractivity contribution is -0.155. The number of Topliss-reactive ketones (excluding diaryl/α,β-unsaturated/α-hetero) is 1. The Kier molecular flexibility index (Phi) is 8.31. The number of hydrogen-bond donors (Lipinski definition) is 0. The van der Waals surface area contributed by atoms with Crippen molar-refractivity contribution >= 4 is 23.6 Å². The third-order valence-corrected chi connectivity index (χ3v) is 4.34. The first kappa shape index (κ1) is 20.9. The number of rotatable bonds is 9. The maximum atomic E-state index is 12.7. The molecule has 1 heterocycles. The highest BCUT2D eigenvalue weighted by Gasteiger charge is 2.45. The molecule has 0 spiro atoms. The monoisotopic (exact) mass is 353 g/mol. The Bertz CT molecular complexity index is 542. The largest absolute Gasteiger partial charge is 0.466 e. The molecule has 1 amide bonds. The van der Waals surface area contributed by atoms with Crippen LogP contribution >= 0.6 is 0 Å². The van der Waals surface area contributed by atoms with E-state index < -0.39 is 17.4 Å². The Morgan fingerprint density at radius 2 is 2.04 bits per heavy atom. The average Bonchev–Trinajstić information content (AvgIpc) is 2.58. The van der Waals surface area contributed by atoms with Gasteiger partial charge in [-0.2, -0.15) is 0 Å². The van der Waals surface area contributed by atoms with Crippen LogP contribution in [0, 0.1) is 5.41 Å². The van der Waals surface area contributed by atoms with Crippen molar-refractivity contribution in [2.45, 2.75) is 46.0 Å². The van der Waals surface area contributed by atoms with Crippen LogP contribution in [0.15, 0.2) is 12.2 Å². The molecule has 7 nitrogen and oxygen atoms in total. The molecule has 1 fully saturated rings. The normalized spacial score (nSPS) is 20.6. The number of hydrogen-bond acceptors (Lipinski definition) is 6. The Morgan fingerprint density at radius 3 is 2.68 bits per heavy atom. The van der Waals surface area contributed by atoms with Gasteiger partial charge in [-0.1, -0.05) is 6.08 Å². The van der Waals surface area contributed by atoms with Crippen LogP contribution in [0.5, 0.6) is 0 Å². The summed E-state index contributed by atoms with van der Waals surface area (Å²) >= 11 is 0. The number of amides is 1. The summed E-state index contributed by atoms with van der Waals surface area (Å²) in [6, 6.07) is 0. The number of piperidine rings is 1. The first-order valence-electron chi connectivity index (χ1n) is 8.58. The SMILES string of the molecule is CCOC(=O)CC(=O)C1(C)CCCN(CCC/C=C/C(=O)OC)C1=O. The molecule has 7 heteroatoms. The van der Waals surface area contributed by atoms with Gasteiger partial charge in [0.25, 0.3) is 0 Å². The molecule has 1 unspecified atom stereocenters. The van der Waals surface area contributed by atoms with Crippen molar-refractivity contribution in [3.63, 3.8) is 0 Å². The van der Waals surface area contributed by atoms with Gasteiger partial charge in [0.05, 0.1) is 13.7 Å². The van der Waals surface area contributed by atoms with Gasteiger partial charge in [0.15, 0.2) is 5.78 Å². The van der Waals surface area contributed by atoms with Gasteiger partial charge in [0.1, 0.15) is 11.8 Å². The molecule has 1 rings (SSSR count). The average molecular weight is 353 g/mol. The summed E-state index contributed by atoms with van der Waals surface area (Å²) in [6.07, 6.45) is 5.16. The molecule has 0 aromatic rings. The fourth-order valence-electron chi connectivity index (χ4n) is 2.84. The Hall–Kier alpha value is -2.18. The van der Waals surface area contributed by atoms with Crippen molar-refractivity contribution in [1.82, 2.24) is 4.90 Å². The first-order chi connectivity index (χ1) is 11.8. The molecule has 25 heavy (non-hydrogen) atoms.